The molecule has 2 atom stereocenters. The zero-order valence-corrected chi connectivity index (χ0v) is 20.7. The lowest BCUT2D eigenvalue weighted by Crippen LogP contribution is -2.27. The van der Waals surface area contributed by atoms with E-state index in [4.69, 9.17) is 9.47 Å². The van der Waals surface area contributed by atoms with Crippen LogP contribution < -0.4 is 0 Å². The van der Waals surface area contributed by atoms with Crippen LogP contribution in [-0.4, -0.2) is 77.5 Å². The van der Waals surface area contributed by atoms with Crippen LogP contribution in [0.25, 0.3) is 0 Å². The van der Waals surface area contributed by atoms with Crippen molar-refractivity contribution >= 4 is 0 Å². The minimum Gasteiger partial charge on any atom is -0.380 e. The molecule has 0 fully saturated rings. The molecule has 32 heavy (non-hydrogen) atoms. The molecule has 0 aliphatic rings. The van der Waals surface area contributed by atoms with Gasteiger partial charge in [-0.3, -0.25) is 0 Å². The number of hydrogen-bond acceptors (Lipinski definition) is 4. The summed E-state index contributed by atoms with van der Waals surface area (Å²) >= 11 is 0. The minimum absolute atomic E-state index is 0.488. The monoisotopic (exact) mass is 440 g/mol. The summed E-state index contributed by atoms with van der Waals surface area (Å²) in [6.45, 7) is 5.16. The normalized spacial score (nSPS) is 13.6. The van der Waals surface area contributed by atoms with Crippen molar-refractivity contribution in [2.75, 3.05) is 67.7 Å². The Bertz CT molecular complexity index is 691. The second-order valence-electron chi connectivity index (χ2n) is 9.34. The number of likely N-dealkylation sites (N-methyl/N-ethyl adjacent to an activating group) is 2. The lowest BCUT2D eigenvalue weighted by Gasteiger charge is -2.28. The average molecular weight is 441 g/mol. The summed E-state index contributed by atoms with van der Waals surface area (Å²) in [6.07, 6.45) is 4.40. The fourth-order valence-corrected chi connectivity index (χ4v) is 3.98. The molecule has 0 spiro atoms. The van der Waals surface area contributed by atoms with Gasteiger partial charge in [0, 0.05) is 19.7 Å². The van der Waals surface area contributed by atoms with Gasteiger partial charge in [0.25, 0.3) is 0 Å². The second kappa shape index (κ2) is 16.0. The predicted octanol–water partition coefficient (Wildman–Crippen LogP) is 4.64. The first-order valence-electron chi connectivity index (χ1n) is 12.1. The van der Waals surface area contributed by atoms with E-state index in [1.165, 1.54) is 11.1 Å². The van der Waals surface area contributed by atoms with E-state index in [-0.39, 0.29) is 0 Å². The Labute approximate surface area is 196 Å². The molecule has 4 heteroatoms. The Hall–Kier alpha value is -1.72. The minimum atomic E-state index is 0.488. The molecule has 2 rings (SSSR count). The molecule has 178 valence electrons. The van der Waals surface area contributed by atoms with Gasteiger partial charge in [-0.05, 0) is 76.8 Å². The molecule has 0 heterocycles. The van der Waals surface area contributed by atoms with E-state index in [0.29, 0.717) is 11.8 Å². The highest BCUT2D eigenvalue weighted by atomic mass is 16.5. The summed E-state index contributed by atoms with van der Waals surface area (Å²) in [7, 11) is 8.37. The number of ether oxygens (including phenoxy) is 2. The van der Waals surface area contributed by atoms with E-state index < -0.39 is 0 Å². The molecule has 4 nitrogen and oxygen atoms in total. The van der Waals surface area contributed by atoms with E-state index in [2.05, 4.69) is 98.7 Å². The SMILES string of the molecule is CN(C)CCOCCC[C@H](Cc1ccccc1)[C@H](COCCN(C)C)Cc1ccccc1. The highest BCUT2D eigenvalue weighted by Gasteiger charge is 2.23. The summed E-state index contributed by atoms with van der Waals surface area (Å²) in [5.41, 5.74) is 2.81. The van der Waals surface area contributed by atoms with Crippen molar-refractivity contribution in [2.24, 2.45) is 11.8 Å². The second-order valence-corrected chi connectivity index (χ2v) is 9.34. The molecule has 0 saturated carbocycles. The van der Waals surface area contributed by atoms with E-state index in [0.717, 1.165) is 65.2 Å². The number of benzene rings is 2. The van der Waals surface area contributed by atoms with E-state index in [9.17, 15) is 0 Å². The summed E-state index contributed by atoms with van der Waals surface area (Å²) in [5, 5.41) is 0. The summed E-state index contributed by atoms with van der Waals surface area (Å²) < 4.78 is 12.1. The Morgan fingerprint density at radius 3 is 1.66 bits per heavy atom. The summed E-state index contributed by atoms with van der Waals surface area (Å²) in [4.78, 5) is 4.35. The molecule has 0 bridgehead atoms. The van der Waals surface area contributed by atoms with Crippen molar-refractivity contribution in [1.82, 2.24) is 9.80 Å². The highest BCUT2D eigenvalue weighted by Crippen LogP contribution is 2.27. The van der Waals surface area contributed by atoms with Crippen molar-refractivity contribution in [1.29, 1.82) is 0 Å². The van der Waals surface area contributed by atoms with Crippen LogP contribution in [-0.2, 0) is 22.3 Å². The quantitative estimate of drug-likeness (QED) is 0.335. The van der Waals surface area contributed by atoms with Crippen LogP contribution in [0.3, 0.4) is 0 Å². The molecule has 0 unspecified atom stereocenters. The zero-order chi connectivity index (χ0) is 23.0. The molecule has 0 aliphatic heterocycles. The van der Waals surface area contributed by atoms with Crippen LogP contribution in [0.2, 0.25) is 0 Å². The third kappa shape index (κ3) is 11.8. The van der Waals surface area contributed by atoms with Crippen LogP contribution in [0, 0.1) is 11.8 Å². The fourth-order valence-electron chi connectivity index (χ4n) is 3.98. The largest absolute Gasteiger partial charge is 0.380 e. The number of rotatable bonds is 17. The van der Waals surface area contributed by atoms with Crippen molar-refractivity contribution in [3.8, 4) is 0 Å². The van der Waals surface area contributed by atoms with E-state index in [1.54, 1.807) is 0 Å². The maximum absolute atomic E-state index is 6.19. The molecule has 0 saturated heterocycles. The number of nitrogens with zero attached hydrogens (tertiary/aromatic N) is 2. The van der Waals surface area contributed by atoms with Crippen molar-refractivity contribution in [3.63, 3.8) is 0 Å². The van der Waals surface area contributed by atoms with Crippen LogP contribution in [0.15, 0.2) is 60.7 Å². The summed E-state index contributed by atoms with van der Waals surface area (Å²) in [6, 6.07) is 21.8. The van der Waals surface area contributed by atoms with Gasteiger partial charge in [-0.1, -0.05) is 60.7 Å². The predicted molar refractivity (Wildman–Crippen MR) is 135 cm³/mol. The molecule has 0 N–H and O–H groups in total. The van der Waals surface area contributed by atoms with Crippen molar-refractivity contribution in [3.05, 3.63) is 71.8 Å². The Morgan fingerprint density at radius 2 is 1.12 bits per heavy atom. The average Bonchev–Trinajstić information content (AvgIpc) is 2.78. The first-order chi connectivity index (χ1) is 15.5. The van der Waals surface area contributed by atoms with Gasteiger partial charge in [0.15, 0.2) is 0 Å². The molecule has 0 amide bonds. The van der Waals surface area contributed by atoms with Gasteiger partial charge < -0.3 is 19.3 Å². The van der Waals surface area contributed by atoms with Gasteiger partial charge in [-0.25, -0.2) is 0 Å². The molecule has 0 aliphatic carbocycles. The fraction of sp³-hybridized carbons (Fsp3) is 0.571. The third-order valence-corrected chi connectivity index (χ3v) is 5.91. The van der Waals surface area contributed by atoms with Gasteiger partial charge >= 0.3 is 0 Å². The standard InChI is InChI=1S/C28H44N2O2/c1-29(2)17-20-31-19-11-16-27(22-25-12-7-5-8-13-25)28(24-32-21-18-30(3)4)23-26-14-9-6-10-15-26/h5-10,12-15,27-28H,11,16-24H2,1-4H3/t27-,28+/m1/s1. The van der Waals surface area contributed by atoms with Gasteiger partial charge in [-0.2, -0.15) is 0 Å². The topological polar surface area (TPSA) is 24.9 Å². The first kappa shape index (κ1) is 26.5. The van der Waals surface area contributed by atoms with E-state index in [1.807, 2.05) is 0 Å². The smallest absolute Gasteiger partial charge is 0.0593 e. The molecule has 2 aromatic rings. The molecule has 2 aromatic carbocycles. The maximum atomic E-state index is 6.19. The lowest BCUT2D eigenvalue weighted by molar-refractivity contribution is 0.0601. The van der Waals surface area contributed by atoms with Gasteiger partial charge in [0.05, 0.1) is 19.8 Å². The first-order valence-corrected chi connectivity index (χ1v) is 12.1. The summed E-state index contributed by atoms with van der Waals surface area (Å²) in [5.74, 6) is 1.05. The third-order valence-electron chi connectivity index (χ3n) is 5.91. The van der Waals surface area contributed by atoms with Gasteiger partial charge in [0.1, 0.15) is 0 Å². The Kier molecular flexibility index (Phi) is 13.2. The Morgan fingerprint density at radius 1 is 0.625 bits per heavy atom. The van der Waals surface area contributed by atoms with E-state index >= 15 is 0 Å². The zero-order valence-electron chi connectivity index (χ0n) is 20.7. The molecular weight excluding hydrogens is 396 g/mol. The van der Waals surface area contributed by atoms with Gasteiger partial charge in [0.2, 0.25) is 0 Å². The van der Waals surface area contributed by atoms with Crippen LogP contribution >= 0.6 is 0 Å². The number of hydrogen-bond donors (Lipinski definition) is 0. The Balaban J connectivity index is 2.02. The lowest BCUT2D eigenvalue weighted by atomic mass is 9.80. The maximum Gasteiger partial charge on any atom is 0.0593 e. The van der Waals surface area contributed by atoms with Crippen molar-refractivity contribution in [2.45, 2.75) is 25.7 Å². The van der Waals surface area contributed by atoms with Crippen molar-refractivity contribution < 1.29 is 9.47 Å². The molecular formula is C28H44N2O2. The van der Waals surface area contributed by atoms with Crippen LogP contribution in [0.4, 0.5) is 0 Å². The molecule has 0 radical (unpaired) electrons. The van der Waals surface area contributed by atoms with Crippen LogP contribution in [0.1, 0.15) is 24.0 Å². The molecule has 0 aromatic heterocycles. The van der Waals surface area contributed by atoms with Gasteiger partial charge in [-0.15, -0.1) is 0 Å². The van der Waals surface area contributed by atoms with Crippen LogP contribution in [0.5, 0.6) is 0 Å². The highest BCUT2D eigenvalue weighted by molar-refractivity contribution is 5.17.